The summed E-state index contributed by atoms with van der Waals surface area (Å²) < 4.78 is 1.10. The molecule has 2 nitrogen and oxygen atoms in total. The van der Waals surface area contributed by atoms with Crippen molar-refractivity contribution in [1.82, 2.24) is 10.3 Å². The zero-order valence-corrected chi connectivity index (χ0v) is 12.1. The highest BCUT2D eigenvalue weighted by molar-refractivity contribution is 9.10. The molecule has 0 bridgehead atoms. The molecule has 17 heavy (non-hydrogen) atoms. The van der Waals surface area contributed by atoms with E-state index in [1.54, 1.807) is 11.3 Å². The molecule has 1 N–H and O–H groups in total. The van der Waals surface area contributed by atoms with Crippen molar-refractivity contribution in [3.05, 3.63) is 39.1 Å². The third-order valence-electron chi connectivity index (χ3n) is 2.51. The number of rotatable bonds is 5. The molecule has 0 aliphatic rings. The molecule has 0 amide bonds. The van der Waals surface area contributed by atoms with E-state index in [1.807, 2.05) is 7.05 Å². The summed E-state index contributed by atoms with van der Waals surface area (Å²) in [5.41, 5.74) is 2.27. The fourth-order valence-electron chi connectivity index (χ4n) is 1.60. The number of aryl methyl sites for hydroxylation is 1. The first-order chi connectivity index (χ1) is 8.29. The van der Waals surface area contributed by atoms with Gasteiger partial charge in [-0.2, -0.15) is 0 Å². The van der Waals surface area contributed by atoms with Crippen molar-refractivity contribution in [3.8, 4) is 11.3 Å². The monoisotopic (exact) mass is 310 g/mol. The minimum Gasteiger partial charge on any atom is -0.320 e. The van der Waals surface area contributed by atoms with E-state index < -0.39 is 0 Å². The SMILES string of the molecule is CNCCCc1nc(-c2ccc(Br)cc2)cs1. The Morgan fingerprint density at radius 1 is 1.29 bits per heavy atom. The molecule has 0 atom stereocenters. The number of nitrogens with zero attached hydrogens (tertiary/aromatic N) is 1. The maximum Gasteiger partial charge on any atom is 0.0933 e. The molecule has 2 aromatic rings. The fourth-order valence-corrected chi connectivity index (χ4v) is 2.71. The Morgan fingerprint density at radius 3 is 2.76 bits per heavy atom. The topological polar surface area (TPSA) is 24.9 Å². The van der Waals surface area contributed by atoms with Gasteiger partial charge in [0.25, 0.3) is 0 Å². The molecule has 0 spiro atoms. The molecule has 1 aromatic carbocycles. The molecule has 1 aromatic heterocycles. The van der Waals surface area contributed by atoms with Crippen LogP contribution < -0.4 is 5.32 Å². The molecule has 0 radical (unpaired) electrons. The van der Waals surface area contributed by atoms with Crippen LogP contribution in [0.25, 0.3) is 11.3 Å². The van der Waals surface area contributed by atoms with E-state index in [1.165, 1.54) is 10.6 Å². The molecule has 4 heteroatoms. The van der Waals surface area contributed by atoms with Gasteiger partial charge in [0.2, 0.25) is 0 Å². The molecule has 1 heterocycles. The van der Waals surface area contributed by atoms with E-state index >= 15 is 0 Å². The Balaban J connectivity index is 2.04. The first kappa shape index (κ1) is 12.7. The van der Waals surface area contributed by atoms with Crippen LogP contribution in [0, 0.1) is 0 Å². The van der Waals surface area contributed by atoms with Crippen LogP contribution in [0.15, 0.2) is 34.1 Å². The fraction of sp³-hybridized carbons (Fsp3) is 0.308. The third-order valence-corrected chi connectivity index (χ3v) is 3.95. The van der Waals surface area contributed by atoms with Crippen LogP contribution in [0.5, 0.6) is 0 Å². The highest BCUT2D eigenvalue weighted by Crippen LogP contribution is 2.24. The van der Waals surface area contributed by atoms with E-state index in [0.29, 0.717) is 0 Å². The minimum atomic E-state index is 1.05. The molecular weight excluding hydrogens is 296 g/mol. The van der Waals surface area contributed by atoms with Crippen LogP contribution >= 0.6 is 27.3 Å². The van der Waals surface area contributed by atoms with Crippen molar-refractivity contribution in [2.75, 3.05) is 13.6 Å². The highest BCUT2D eigenvalue weighted by Gasteiger charge is 2.04. The Hall–Kier alpha value is -0.710. The molecule has 0 fully saturated rings. The van der Waals surface area contributed by atoms with Crippen molar-refractivity contribution in [2.24, 2.45) is 0 Å². The Morgan fingerprint density at radius 2 is 2.06 bits per heavy atom. The lowest BCUT2D eigenvalue weighted by atomic mass is 10.2. The molecule has 2 rings (SSSR count). The van der Waals surface area contributed by atoms with Gasteiger partial charge in [-0.25, -0.2) is 4.98 Å². The van der Waals surface area contributed by atoms with Gasteiger partial charge in [-0.05, 0) is 32.1 Å². The summed E-state index contributed by atoms with van der Waals surface area (Å²) in [7, 11) is 1.98. The Bertz CT molecular complexity index is 465. The normalized spacial score (nSPS) is 10.7. The summed E-state index contributed by atoms with van der Waals surface area (Å²) in [6.45, 7) is 1.05. The summed E-state index contributed by atoms with van der Waals surface area (Å²) in [4.78, 5) is 4.66. The lowest BCUT2D eigenvalue weighted by Gasteiger charge is -1.97. The largest absolute Gasteiger partial charge is 0.320 e. The van der Waals surface area contributed by atoms with Crippen LogP contribution in [0.2, 0.25) is 0 Å². The third kappa shape index (κ3) is 3.63. The van der Waals surface area contributed by atoms with Crippen LogP contribution in [-0.4, -0.2) is 18.6 Å². The number of halogens is 1. The summed E-state index contributed by atoms with van der Waals surface area (Å²) >= 11 is 5.19. The van der Waals surface area contributed by atoms with Gasteiger partial charge in [0.15, 0.2) is 0 Å². The molecule has 0 saturated carbocycles. The first-order valence-electron chi connectivity index (χ1n) is 5.64. The molecule has 90 valence electrons. The van der Waals surface area contributed by atoms with Crippen molar-refractivity contribution in [1.29, 1.82) is 0 Å². The van der Waals surface area contributed by atoms with Gasteiger partial charge in [-0.1, -0.05) is 28.1 Å². The van der Waals surface area contributed by atoms with Crippen LogP contribution in [0.4, 0.5) is 0 Å². The van der Waals surface area contributed by atoms with E-state index in [-0.39, 0.29) is 0 Å². The lowest BCUT2D eigenvalue weighted by Crippen LogP contribution is -2.08. The van der Waals surface area contributed by atoms with Crippen LogP contribution in [0.1, 0.15) is 11.4 Å². The Labute approximate surface area is 114 Å². The summed E-state index contributed by atoms with van der Waals surface area (Å²) in [6, 6.07) is 8.29. The second kappa shape index (κ2) is 6.28. The number of benzene rings is 1. The lowest BCUT2D eigenvalue weighted by molar-refractivity contribution is 0.722. The van der Waals surface area contributed by atoms with Gasteiger partial charge in [0, 0.05) is 21.8 Å². The van der Waals surface area contributed by atoms with Crippen molar-refractivity contribution in [2.45, 2.75) is 12.8 Å². The van der Waals surface area contributed by atoms with Crippen molar-refractivity contribution in [3.63, 3.8) is 0 Å². The first-order valence-corrected chi connectivity index (χ1v) is 7.32. The number of aromatic nitrogens is 1. The number of thiazole rings is 1. The zero-order chi connectivity index (χ0) is 12.1. The van der Waals surface area contributed by atoms with Gasteiger partial charge in [-0.15, -0.1) is 11.3 Å². The second-order valence-electron chi connectivity index (χ2n) is 3.84. The molecule has 0 aliphatic heterocycles. The molecule has 0 saturated heterocycles. The number of hydrogen-bond acceptors (Lipinski definition) is 3. The van der Waals surface area contributed by atoms with Gasteiger partial charge < -0.3 is 5.32 Å². The summed E-state index contributed by atoms with van der Waals surface area (Å²) in [5, 5.41) is 6.51. The highest BCUT2D eigenvalue weighted by atomic mass is 79.9. The minimum absolute atomic E-state index is 1.05. The Kier molecular flexibility index (Phi) is 4.71. The molecule has 0 aliphatic carbocycles. The maximum atomic E-state index is 4.66. The van der Waals surface area contributed by atoms with E-state index in [0.717, 1.165) is 29.6 Å². The van der Waals surface area contributed by atoms with Gasteiger partial charge in [0.05, 0.1) is 10.7 Å². The average molecular weight is 311 g/mol. The van der Waals surface area contributed by atoms with Crippen molar-refractivity contribution < 1.29 is 0 Å². The van der Waals surface area contributed by atoms with E-state index in [4.69, 9.17) is 0 Å². The van der Waals surface area contributed by atoms with Crippen LogP contribution in [0.3, 0.4) is 0 Å². The smallest absolute Gasteiger partial charge is 0.0933 e. The quantitative estimate of drug-likeness (QED) is 0.851. The van der Waals surface area contributed by atoms with Crippen LogP contribution in [-0.2, 0) is 6.42 Å². The maximum absolute atomic E-state index is 4.66. The van der Waals surface area contributed by atoms with Crippen molar-refractivity contribution >= 4 is 27.3 Å². The predicted molar refractivity (Wildman–Crippen MR) is 77.5 cm³/mol. The number of nitrogens with one attached hydrogen (secondary N) is 1. The van der Waals surface area contributed by atoms with E-state index in [9.17, 15) is 0 Å². The number of hydrogen-bond donors (Lipinski definition) is 1. The molecule has 0 unspecified atom stereocenters. The van der Waals surface area contributed by atoms with Gasteiger partial charge in [-0.3, -0.25) is 0 Å². The standard InChI is InChI=1S/C13H15BrN2S/c1-15-8-2-3-13-16-12(9-17-13)10-4-6-11(14)7-5-10/h4-7,9,15H,2-3,8H2,1H3. The van der Waals surface area contributed by atoms with Gasteiger partial charge in [0.1, 0.15) is 0 Å². The second-order valence-corrected chi connectivity index (χ2v) is 5.70. The summed E-state index contributed by atoms with van der Waals surface area (Å²) in [5.74, 6) is 0. The average Bonchev–Trinajstić information content (AvgIpc) is 2.79. The zero-order valence-electron chi connectivity index (χ0n) is 9.74. The van der Waals surface area contributed by atoms with Gasteiger partial charge >= 0.3 is 0 Å². The van der Waals surface area contributed by atoms with E-state index in [2.05, 4.69) is 55.9 Å². The predicted octanol–water partition coefficient (Wildman–Crippen LogP) is 3.72. The molecular formula is C13H15BrN2S. The summed E-state index contributed by atoms with van der Waals surface area (Å²) in [6.07, 6.45) is 2.20.